The molecule has 348 valence electrons. The van der Waals surface area contributed by atoms with Gasteiger partial charge in [0.2, 0.25) is 18.0 Å². The van der Waals surface area contributed by atoms with Crippen LogP contribution in [-0.2, 0) is 27.3 Å². The van der Waals surface area contributed by atoms with Crippen molar-refractivity contribution < 1.29 is 23.8 Å². The Hall–Kier alpha value is -5.96. The molecule has 4 aliphatic rings. The standard InChI is InChI=1S/C52H65N9O5/c1-7-16-59(51(63)50(55-6)39-20-32(3)65-33(4)21-39)30-47-57-29-42(58-47)34-12-14-43-38(22-34)24-44-49-31(2)19-37(41(28-54-5)56-27-40-11-8-17-60(40)48(62)26-53)25-46(49)66-52(61(43)44)36-13-15-45-35(23-36)10-9-18-64-45/h12-15,19,22-25,28-29,32-33,39-40,50,52,55-56H,5,7-11,16-18,20-21,26-27,30,53H2,1-4,6H3,(H,57,58)/b41-28-/t32-,33+,39?,40-,50?,52?/m0/s1. The van der Waals surface area contributed by atoms with E-state index in [1.165, 1.54) is 5.56 Å². The number of fused-ring (bicyclic) bond motifs is 6. The van der Waals surface area contributed by atoms with Crippen molar-refractivity contribution in [1.29, 1.82) is 0 Å². The molecular weight excluding hydrogens is 831 g/mol. The molecule has 4 aliphatic heterocycles. The number of likely N-dealkylation sites (N-methyl/N-ethyl adjacent to an activating group) is 1. The molecule has 0 saturated carbocycles. The first kappa shape index (κ1) is 45.2. The number of nitrogens with one attached hydrogen (secondary N) is 3. The normalized spacial score (nSPS) is 21.9. The number of aliphatic imine (C=N–C) groups is 1. The minimum absolute atomic E-state index is 0.00484. The van der Waals surface area contributed by atoms with Crippen molar-refractivity contribution in [3.8, 4) is 34.0 Å². The third-order valence-corrected chi connectivity index (χ3v) is 13.9. The average molecular weight is 896 g/mol. The van der Waals surface area contributed by atoms with Crippen molar-refractivity contribution in [1.82, 2.24) is 35.0 Å². The Bertz CT molecular complexity index is 2620. The van der Waals surface area contributed by atoms with Crippen LogP contribution >= 0.6 is 0 Å². The fraction of sp³-hybridized carbons (Fsp3) is 0.462. The fourth-order valence-electron chi connectivity index (χ4n) is 10.9. The van der Waals surface area contributed by atoms with Crippen LogP contribution in [0.5, 0.6) is 11.5 Å². The summed E-state index contributed by atoms with van der Waals surface area (Å²) in [6, 6.07) is 19.2. The van der Waals surface area contributed by atoms with Crippen LogP contribution in [0.2, 0.25) is 0 Å². The number of benzene rings is 3. The molecule has 2 aromatic heterocycles. The van der Waals surface area contributed by atoms with Gasteiger partial charge in [-0.15, -0.1) is 0 Å². The monoisotopic (exact) mass is 896 g/mol. The zero-order valence-electron chi connectivity index (χ0n) is 39.1. The highest BCUT2D eigenvalue weighted by atomic mass is 16.5. The summed E-state index contributed by atoms with van der Waals surface area (Å²) in [5.41, 5.74) is 15.7. The number of carbonyl (C=O) groups excluding carboxylic acids is 2. The van der Waals surface area contributed by atoms with Gasteiger partial charge in [0.15, 0.2) is 0 Å². The zero-order chi connectivity index (χ0) is 46.1. The number of nitrogens with two attached hydrogens (primary N) is 1. The molecule has 2 amide bonds. The van der Waals surface area contributed by atoms with Gasteiger partial charge in [0.25, 0.3) is 0 Å². The maximum atomic E-state index is 14.1. The summed E-state index contributed by atoms with van der Waals surface area (Å²) in [4.78, 5) is 43.1. The highest BCUT2D eigenvalue weighted by molar-refractivity contribution is 5.93. The third kappa shape index (κ3) is 8.98. The first-order valence-electron chi connectivity index (χ1n) is 23.8. The van der Waals surface area contributed by atoms with Gasteiger partial charge in [-0.05, 0) is 145 Å². The molecule has 2 fully saturated rings. The molecule has 5 aromatic rings. The van der Waals surface area contributed by atoms with Gasteiger partial charge < -0.3 is 49.9 Å². The number of likely N-dealkylation sites (tertiary alicyclic amines) is 1. The largest absolute Gasteiger partial charge is 0.493 e. The molecule has 66 heavy (non-hydrogen) atoms. The van der Waals surface area contributed by atoms with Crippen molar-refractivity contribution in [3.63, 3.8) is 0 Å². The van der Waals surface area contributed by atoms with E-state index in [1.54, 1.807) is 6.20 Å². The Balaban J connectivity index is 1.04. The van der Waals surface area contributed by atoms with Gasteiger partial charge in [-0.3, -0.25) is 14.6 Å². The summed E-state index contributed by atoms with van der Waals surface area (Å²) in [7, 11) is 1.89. The van der Waals surface area contributed by atoms with Crippen molar-refractivity contribution >= 4 is 35.1 Å². The van der Waals surface area contributed by atoms with Gasteiger partial charge in [-0.1, -0.05) is 13.0 Å². The smallest absolute Gasteiger partial charge is 0.240 e. The second-order valence-corrected chi connectivity index (χ2v) is 18.6. The van der Waals surface area contributed by atoms with E-state index in [4.69, 9.17) is 24.9 Å². The number of aryl methyl sites for hydroxylation is 2. The van der Waals surface area contributed by atoms with E-state index in [0.717, 1.165) is 131 Å². The number of imidazole rings is 1. The fourth-order valence-corrected chi connectivity index (χ4v) is 10.9. The average Bonchev–Trinajstić information content (AvgIpc) is 4.08. The van der Waals surface area contributed by atoms with Crippen LogP contribution in [0.1, 0.15) is 93.6 Å². The molecule has 0 bridgehead atoms. The predicted molar refractivity (Wildman–Crippen MR) is 259 cm³/mol. The van der Waals surface area contributed by atoms with Crippen LogP contribution in [0.15, 0.2) is 72.0 Å². The van der Waals surface area contributed by atoms with Gasteiger partial charge in [0, 0.05) is 59.5 Å². The minimum atomic E-state index is -0.459. The van der Waals surface area contributed by atoms with Crippen LogP contribution < -0.4 is 25.8 Å². The minimum Gasteiger partial charge on any atom is -0.493 e. The summed E-state index contributed by atoms with van der Waals surface area (Å²) in [5.74, 6) is 2.72. The molecule has 6 heterocycles. The molecule has 3 unspecified atom stereocenters. The van der Waals surface area contributed by atoms with Crippen LogP contribution in [0.4, 0.5) is 0 Å². The highest BCUT2D eigenvalue weighted by Crippen LogP contribution is 2.48. The number of nitrogens with zero attached hydrogens (tertiary/aromatic N) is 5. The molecule has 0 radical (unpaired) electrons. The van der Waals surface area contributed by atoms with Crippen LogP contribution in [-0.4, -0.2) is 107 Å². The summed E-state index contributed by atoms with van der Waals surface area (Å²) < 4.78 is 21.5. The molecule has 3 aromatic carbocycles. The lowest BCUT2D eigenvalue weighted by Crippen LogP contribution is -2.52. The summed E-state index contributed by atoms with van der Waals surface area (Å²) in [5, 5.41) is 8.01. The second-order valence-electron chi connectivity index (χ2n) is 18.6. The quantitative estimate of drug-likeness (QED) is 0.0788. The van der Waals surface area contributed by atoms with Gasteiger partial charge in [0.05, 0.1) is 66.7 Å². The lowest BCUT2D eigenvalue weighted by atomic mass is 9.85. The number of aromatic amines is 1. The maximum absolute atomic E-state index is 14.1. The van der Waals surface area contributed by atoms with E-state index in [0.29, 0.717) is 19.6 Å². The van der Waals surface area contributed by atoms with E-state index in [9.17, 15) is 9.59 Å². The molecule has 5 N–H and O–H groups in total. The SMILES string of the molecule is C=N/C=C(\NC[C@@H]1CCCN1C(=O)CN)c1cc(C)c2c(c1)OC(c1ccc3c(c1)CCCO3)n1c-2cc2cc(-c3cnc(CN(CCC)C(=O)C(NC)C4C[C@@H](C)O[C@@H](C)C4)[nH]3)ccc21. The number of rotatable bonds is 15. The first-order valence-corrected chi connectivity index (χ1v) is 23.8. The first-order chi connectivity index (χ1) is 32.1. The van der Waals surface area contributed by atoms with Crippen LogP contribution in [0.3, 0.4) is 0 Å². The molecule has 0 spiro atoms. The van der Waals surface area contributed by atoms with E-state index in [2.05, 4.69) is 114 Å². The summed E-state index contributed by atoms with van der Waals surface area (Å²) >= 11 is 0. The maximum Gasteiger partial charge on any atom is 0.240 e. The van der Waals surface area contributed by atoms with E-state index in [-0.39, 0.29) is 48.6 Å². The Morgan fingerprint density at radius 3 is 2.70 bits per heavy atom. The topological polar surface area (TPSA) is 164 Å². The Labute approximate surface area is 388 Å². The van der Waals surface area contributed by atoms with Crippen molar-refractivity contribution in [3.05, 3.63) is 95.1 Å². The lowest BCUT2D eigenvalue weighted by molar-refractivity contribution is -0.138. The zero-order valence-corrected chi connectivity index (χ0v) is 39.1. The number of hydrogen-bond donors (Lipinski definition) is 4. The van der Waals surface area contributed by atoms with Crippen LogP contribution in [0.25, 0.3) is 39.1 Å². The number of aromatic nitrogens is 3. The van der Waals surface area contributed by atoms with Gasteiger partial charge in [-0.25, -0.2) is 4.98 Å². The number of ether oxygens (including phenoxy) is 3. The Kier molecular flexibility index (Phi) is 13.3. The third-order valence-electron chi connectivity index (χ3n) is 13.9. The van der Waals surface area contributed by atoms with Crippen molar-refractivity contribution in [2.24, 2.45) is 16.6 Å². The Morgan fingerprint density at radius 1 is 1.09 bits per heavy atom. The number of hydrogen-bond acceptors (Lipinski definition) is 10. The molecule has 14 heteroatoms. The molecule has 14 nitrogen and oxygen atoms in total. The molecule has 0 aliphatic carbocycles. The molecular formula is C52H65N9O5. The van der Waals surface area contributed by atoms with E-state index in [1.807, 2.05) is 23.0 Å². The number of carbonyl (C=O) groups is 2. The molecule has 9 rings (SSSR count). The Morgan fingerprint density at radius 2 is 1.92 bits per heavy atom. The summed E-state index contributed by atoms with van der Waals surface area (Å²) in [6.07, 6.45) is 9.72. The second kappa shape index (κ2) is 19.5. The van der Waals surface area contributed by atoms with Crippen molar-refractivity contribution in [2.45, 2.75) is 110 Å². The van der Waals surface area contributed by atoms with E-state index >= 15 is 0 Å². The lowest BCUT2D eigenvalue weighted by Gasteiger charge is -2.37. The van der Waals surface area contributed by atoms with Gasteiger partial charge in [0.1, 0.15) is 17.3 Å². The van der Waals surface area contributed by atoms with Crippen molar-refractivity contribution in [2.75, 3.05) is 39.8 Å². The molecule has 6 atom stereocenters. The van der Waals surface area contributed by atoms with Crippen LogP contribution in [0, 0.1) is 12.8 Å². The van der Waals surface area contributed by atoms with Gasteiger partial charge in [-0.2, -0.15) is 0 Å². The predicted octanol–water partition coefficient (Wildman–Crippen LogP) is 7.34. The molecule has 2 saturated heterocycles. The van der Waals surface area contributed by atoms with E-state index < -0.39 is 6.23 Å². The number of H-pyrrole nitrogens is 1. The number of amides is 2. The van der Waals surface area contributed by atoms with Gasteiger partial charge >= 0.3 is 0 Å². The summed E-state index contributed by atoms with van der Waals surface area (Å²) in [6.45, 7) is 15.2. The highest BCUT2D eigenvalue weighted by Gasteiger charge is 2.37.